The molecule has 0 radical (unpaired) electrons. The Bertz CT molecular complexity index is 1210. The number of ether oxygens (including phenoxy) is 1. The zero-order valence-corrected chi connectivity index (χ0v) is 17.7. The quantitative estimate of drug-likeness (QED) is 0.358. The van der Waals surface area contributed by atoms with E-state index in [2.05, 4.69) is 4.98 Å². The van der Waals surface area contributed by atoms with E-state index in [-0.39, 0.29) is 10.7 Å². The minimum Gasteiger partial charge on any atom is -0.487 e. The van der Waals surface area contributed by atoms with E-state index in [9.17, 15) is 18.0 Å². The van der Waals surface area contributed by atoms with E-state index < -0.39 is 22.5 Å². The normalized spacial score (nSPS) is 11.4. The molecule has 0 aliphatic rings. The van der Waals surface area contributed by atoms with Gasteiger partial charge in [0.25, 0.3) is 0 Å². The largest absolute Gasteiger partial charge is 0.487 e. The molecule has 0 aliphatic heterocycles. The van der Waals surface area contributed by atoms with Crippen molar-refractivity contribution in [2.45, 2.75) is 11.5 Å². The number of nitrogens with zero attached hydrogens (tertiary/aromatic N) is 1. The summed E-state index contributed by atoms with van der Waals surface area (Å²) in [6, 6.07) is 18.0. The van der Waals surface area contributed by atoms with Crippen LogP contribution in [0.2, 0.25) is 0 Å². The average Bonchev–Trinajstić information content (AvgIpc) is 2.81. The first kappa shape index (κ1) is 22.9. The van der Waals surface area contributed by atoms with E-state index in [1.54, 1.807) is 36.5 Å². The fourth-order valence-corrected chi connectivity index (χ4v) is 3.60. The lowest BCUT2D eigenvalue weighted by Crippen LogP contribution is -2.29. The predicted octanol–water partition coefficient (Wildman–Crippen LogP) is 2.92. The number of benzene rings is 2. The molecule has 0 aliphatic carbocycles. The summed E-state index contributed by atoms with van der Waals surface area (Å²) in [6.45, 7) is -0.370. The summed E-state index contributed by atoms with van der Waals surface area (Å²) in [5.41, 5.74) is 1.91. The van der Waals surface area contributed by atoms with E-state index in [0.717, 1.165) is 11.3 Å². The van der Waals surface area contributed by atoms with Gasteiger partial charge in [-0.1, -0.05) is 24.3 Å². The molecule has 3 rings (SSSR count). The summed E-state index contributed by atoms with van der Waals surface area (Å²) in [4.78, 5) is 27.0. The van der Waals surface area contributed by atoms with Crippen LogP contribution >= 0.6 is 0 Å². The predicted molar refractivity (Wildman–Crippen MR) is 118 cm³/mol. The van der Waals surface area contributed by atoms with Gasteiger partial charge in [0, 0.05) is 11.8 Å². The fraction of sp³-hybridized carbons (Fsp3) is 0.0870. The number of carboxylic acid groups (broad SMARTS) is 1. The van der Waals surface area contributed by atoms with Crippen LogP contribution in [0.3, 0.4) is 0 Å². The molecule has 0 bridgehead atoms. The van der Waals surface area contributed by atoms with Gasteiger partial charge in [-0.15, -0.1) is 0 Å². The van der Waals surface area contributed by atoms with E-state index in [1.165, 1.54) is 30.3 Å². The third-order valence-electron chi connectivity index (χ3n) is 4.28. The highest BCUT2D eigenvalue weighted by molar-refractivity contribution is 7.89. The molecule has 32 heavy (non-hydrogen) atoms. The van der Waals surface area contributed by atoms with Crippen molar-refractivity contribution in [3.63, 3.8) is 0 Å². The number of hydrogen-bond acceptors (Lipinski definition) is 6. The van der Waals surface area contributed by atoms with Crippen molar-refractivity contribution in [2.24, 2.45) is 0 Å². The minimum atomic E-state index is -3.96. The van der Waals surface area contributed by atoms with Crippen LogP contribution in [0.25, 0.3) is 6.08 Å². The zero-order chi connectivity index (χ0) is 23.0. The van der Waals surface area contributed by atoms with Crippen molar-refractivity contribution in [1.82, 2.24) is 9.71 Å². The molecule has 0 saturated carbocycles. The number of aromatic nitrogens is 1. The topological polar surface area (TPSA) is 123 Å². The summed E-state index contributed by atoms with van der Waals surface area (Å²) in [6.07, 6.45) is 4.73. The Balaban J connectivity index is 1.58. The van der Waals surface area contributed by atoms with Gasteiger partial charge in [0.05, 0.1) is 10.6 Å². The van der Waals surface area contributed by atoms with E-state index in [4.69, 9.17) is 9.84 Å². The van der Waals surface area contributed by atoms with Crippen LogP contribution in [-0.2, 0) is 21.4 Å². The Kier molecular flexibility index (Phi) is 7.48. The Labute approximate surface area is 185 Å². The number of allylic oxidation sites excluding steroid dienone is 1. The first-order valence-electron chi connectivity index (χ1n) is 9.50. The van der Waals surface area contributed by atoms with Gasteiger partial charge in [-0.3, -0.25) is 14.6 Å². The second kappa shape index (κ2) is 10.5. The SMILES string of the molecule is O=C(O)CNS(=O)(=O)c1ccc(C(=O)/C=C/c2ccc(OCc3ccccn3)cc2)cc1. The van der Waals surface area contributed by atoms with Gasteiger partial charge in [0.1, 0.15) is 18.9 Å². The van der Waals surface area contributed by atoms with Gasteiger partial charge < -0.3 is 9.84 Å². The monoisotopic (exact) mass is 452 g/mol. The highest BCUT2D eigenvalue weighted by atomic mass is 32.2. The Morgan fingerprint density at radius 2 is 1.72 bits per heavy atom. The lowest BCUT2D eigenvalue weighted by Gasteiger charge is -2.06. The molecule has 1 aromatic heterocycles. The smallest absolute Gasteiger partial charge is 0.318 e. The summed E-state index contributed by atoms with van der Waals surface area (Å²) >= 11 is 0. The van der Waals surface area contributed by atoms with Crippen LogP contribution in [-0.4, -0.2) is 36.8 Å². The Morgan fingerprint density at radius 3 is 2.34 bits per heavy atom. The Hall–Kier alpha value is -3.82. The lowest BCUT2D eigenvalue weighted by atomic mass is 10.1. The highest BCUT2D eigenvalue weighted by Crippen LogP contribution is 2.16. The van der Waals surface area contributed by atoms with Gasteiger partial charge in [-0.25, -0.2) is 8.42 Å². The molecule has 0 unspecified atom stereocenters. The summed E-state index contributed by atoms with van der Waals surface area (Å²) < 4.78 is 31.6. The molecule has 0 spiro atoms. The van der Waals surface area contributed by atoms with Crippen LogP contribution in [0.15, 0.2) is 83.9 Å². The summed E-state index contributed by atoms with van der Waals surface area (Å²) in [7, 11) is -3.96. The number of sulfonamides is 1. The van der Waals surface area contributed by atoms with Crippen LogP contribution in [0.5, 0.6) is 5.75 Å². The number of aliphatic carboxylic acids is 1. The second-order valence-electron chi connectivity index (χ2n) is 6.62. The number of hydrogen-bond donors (Lipinski definition) is 2. The van der Waals surface area contributed by atoms with Gasteiger partial charge in [0.2, 0.25) is 10.0 Å². The molecule has 0 amide bonds. The van der Waals surface area contributed by atoms with Gasteiger partial charge in [0.15, 0.2) is 5.78 Å². The van der Waals surface area contributed by atoms with E-state index >= 15 is 0 Å². The highest BCUT2D eigenvalue weighted by Gasteiger charge is 2.15. The number of rotatable bonds is 10. The molecule has 0 saturated heterocycles. The fourth-order valence-electron chi connectivity index (χ4n) is 2.62. The molecule has 8 nitrogen and oxygen atoms in total. The number of ketones is 1. The van der Waals surface area contributed by atoms with Crippen molar-refractivity contribution in [1.29, 1.82) is 0 Å². The van der Waals surface area contributed by atoms with Gasteiger partial charge >= 0.3 is 5.97 Å². The van der Waals surface area contributed by atoms with Crippen molar-refractivity contribution in [2.75, 3.05) is 6.54 Å². The maximum Gasteiger partial charge on any atom is 0.318 e. The molecule has 9 heteroatoms. The van der Waals surface area contributed by atoms with Crippen molar-refractivity contribution < 1.29 is 27.9 Å². The zero-order valence-electron chi connectivity index (χ0n) is 16.8. The Morgan fingerprint density at radius 1 is 1.00 bits per heavy atom. The average molecular weight is 452 g/mol. The van der Waals surface area contributed by atoms with E-state index in [0.29, 0.717) is 17.9 Å². The van der Waals surface area contributed by atoms with Crippen molar-refractivity contribution >= 4 is 27.9 Å². The molecule has 164 valence electrons. The lowest BCUT2D eigenvalue weighted by molar-refractivity contribution is -0.135. The third-order valence-corrected chi connectivity index (χ3v) is 5.70. The number of carbonyl (C=O) groups is 2. The number of carbonyl (C=O) groups excluding carboxylic acids is 1. The van der Waals surface area contributed by atoms with Crippen LogP contribution in [0, 0.1) is 0 Å². The van der Waals surface area contributed by atoms with Crippen LogP contribution in [0.1, 0.15) is 21.6 Å². The van der Waals surface area contributed by atoms with Crippen LogP contribution in [0.4, 0.5) is 0 Å². The molecule has 2 N–H and O–H groups in total. The number of pyridine rings is 1. The summed E-state index contributed by atoms with van der Waals surface area (Å²) in [5, 5.41) is 8.59. The molecule has 3 aromatic rings. The standard InChI is InChI=1S/C23H20N2O6S/c26-22(18-7-11-21(12-8-18)32(29,30)25-15-23(27)28)13-6-17-4-9-20(10-5-17)31-16-19-3-1-2-14-24-19/h1-14,25H,15-16H2,(H,27,28)/b13-6+. The molecule has 0 atom stereocenters. The first-order chi connectivity index (χ1) is 15.3. The molecular weight excluding hydrogens is 432 g/mol. The number of nitrogens with one attached hydrogen (secondary N) is 1. The molecular formula is C23H20N2O6S. The third kappa shape index (κ3) is 6.59. The maximum absolute atomic E-state index is 12.4. The van der Waals surface area contributed by atoms with Crippen molar-refractivity contribution in [3.05, 3.63) is 95.8 Å². The minimum absolute atomic E-state index is 0.124. The number of carboxylic acids is 1. The van der Waals surface area contributed by atoms with Crippen molar-refractivity contribution in [3.8, 4) is 5.75 Å². The van der Waals surface area contributed by atoms with Gasteiger partial charge in [-0.2, -0.15) is 4.72 Å². The van der Waals surface area contributed by atoms with E-state index in [1.807, 2.05) is 22.9 Å². The molecule has 1 heterocycles. The van der Waals surface area contributed by atoms with Gasteiger partial charge in [-0.05, 0) is 60.2 Å². The summed E-state index contributed by atoms with van der Waals surface area (Å²) in [5.74, 6) is -0.923. The molecule has 2 aromatic carbocycles. The first-order valence-corrected chi connectivity index (χ1v) is 11.0. The molecule has 0 fully saturated rings. The van der Waals surface area contributed by atoms with Crippen LogP contribution < -0.4 is 9.46 Å². The maximum atomic E-state index is 12.4. The second-order valence-corrected chi connectivity index (χ2v) is 8.39.